The van der Waals surface area contributed by atoms with Gasteiger partial charge in [-0.1, -0.05) is 37.5 Å². The van der Waals surface area contributed by atoms with E-state index in [4.69, 9.17) is 4.42 Å². The number of para-hydroxylation sites is 1. The predicted octanol–water partition coefficient (Wildman–Crippen LogP) is 5.49. The van der Waals surface area contributed by atoms with Gasteiger partial charge in [-0.25, -0.2) is 0 Å². The number of aromatic nitrogens is 1. The lowest BCUT2D eigenvalue weighted by Gasteiger charge is -2.32. The Morgan fingerprint density at radius 1 is 1.00 bits per heavy atom. The third-order valence-electron chi connectivity index (χ3n) is 7.02. The molecule has 0 aliphatic heterocycles. The largest absolute Gasteiger partial charge is 0.467 e. The summed E-state index contributed by atoms with van der Waals surface area (Å²) in [5, 5.41) is 6.89. The minimum absolute atomic E-state index is 0.0708. The number of H-pyrrole nitrogens is 1. The lowest BCUT2D eigenvalue weighted by molar-refractivity contribution is -0.127. The van der Waals surface area contributed by atoms with Crippen LogP contribution in [0.3, 0.4) is 0 Å². The molecule has 3 amide bonds. The molecule has 196 valence electrons. The first kappa shape index (κ1) is 25.3. The number of aromatic amines is 1. The van der Waals surface area contributed by atoms with Crippen molar-refractivity contribution in [1.82, 2.24) is 10.3 Å². The number of anilines is 2. The van der Waals surface area contributed by atoms with Crippen LogP contribution in [0.25, 0.3) is 10.9 Å². The van der Waals surface area contributed by atoms with Gasteiger partial charge in [0.05, 0.1) is 12.7 Å². The van der Waals surface area contributed by atoms with Crippen molar-refractivity contribution in [3.05, 3.63) is 84.4 Å². The predicted molar refractivity (Wildman–Crippen MR) is 147 cm³/mol. The third kappa shape index (κ3) is 5.64. The Morgan fingerprint density at radius 3 is 2.47 bits per heavy atom. The maximum absolute atomic E-state index is 14.1. The smallest absolute Gasteiger partial charge is 0.251 e. The number of fused-ring (bicyclic) bond motifs is 1. The van der Waals surface area contributed by atoms with Crippen molar-refractivity contribution < 1.29 is 18.8 Å². The average molecular weight is 513 g/mol. The minimum atomic E-state index is -0.990. The van der Waals surface area contributed by atoms with Gasteiger partial charge in [-0.05, 0) is 60.9 Å². The van der Waals surface area contributed by atoms with Crippen LogP contribution < -0.4 is 15.5 Å². The number of rotatable bonds is 8. The van der Waals surface area contributed by atoms with Gasteiger partial charge in [-0.2, -0.15) is 0 Å². The number of carbonyl (C=O) groups excluding carboxylic acids is 3. The highest BCUT2D eigenvalue weighted by Crippen LogP contribution is 2.32. The molecule has 38 heavy (non-hydrogen) atoms. The van der Waals surface area contributed by atoms with E-state index in [2.05, 4.69) is 15.6 Å². The van der Waals surface area contributed by atoms with E-state index >= 15 is 0 Å². The molecule has 0 radical (unpaired) electrons. The molecule has 0 unspecified atom stereocenters. The lowest BCUT2D eigenvalue weighted by Crippen LogP contribution is -2.47. The van der Waals surface area contributed by atoms with Crippen molar-refractivity contribution in [2.75, 3.05) is 10.2 Å². The van der Waals surface area contributed by atoms with Crippen LogP contribution in [0.4, 0.5) is 11.4 Å². The number of nitrogens with one attached hydrogen (secondary N) is 3. The van der Waals surface area contributed by atoms with E-state index in [0.29, 0.717) is 17.1 Å². The van der Waals surface area contributed by atoms with Crippen LogP contribution in [0, 0.1) is 0 Å². The van der Waals surface area contributed by atoms with Crippen LogP contribution in [0.1, 0.15) is 56.4 Å². The van der Waals surface area contributed by atoms with E-state index < -0.39 is 6.04 Å². The topological polar surface area (TPSA) is 107 Å². The Bertz CT molecular complexity index is 1400. The van der Waals surface area contributed by atoms with Gasteiger partial charge in [-0.3, -0.25) is 19.3 Å². The maximum atomic E-state index is 14.1. The summed E-state index contributed by atoms with van der Waals surface area (Å²) in [4.78, 5) is 44.2. The van der Waals surface area contributed by atoms with Crippen LogP contribution in [0.2, 0.25) is 0 Å². The summed E-state index contributed by atoms with van der Waals surface area (Å²) in [7, 11) is 0. The number of carbonyl (C=O) groups is 3. The van der Waals surface area contributed by atoms with Crippen molar-refractivity contribution in [3.8, 4) is 0 Å². The Hall–Kier alpha value is -4.33. The molecule has 1 fully saturated rings. The molecule has 5 rings (SSSR count). The molecule has 2 aromatic carbocycles. The van der Waals surface area contributed by atoms with Crippen molar-refractivity contribution in [3.63, 3.8) is 0 Å². The molecule has 0 bridgehead atoms. The molecule has 2 heterocycles. The van der Waals surface area contributed by atoms with Crippen LogP contribution in [0.15, 0.2) is 77.5 Å². The first-order valence-corrected chi connectivity index (χ1v) is 13.1. The number of amides is 3. The molecule has 0 saturated heterocycles. The van der Waals surface area contributed by atoms with Crippen molar-refractivity contribution in [2.45, 2.75) is 57.5 Å². The van der Waals surface area contributed by atoms with E-state index in [1.54, 1.807) is 36.4 Å². The van der Waals surface area contributed by atoms with Crippen molar-refractivity contribution in [2.24, 2.45) is 0 Å². The molecular formula is C30H32N4O4. The highest BCUT2D eigenvalue weighted by atomic mass is 16.3. The number of furan rings is 1. The molecule has 1 saturated carbocycles. The van der Waals surface area contributed by atoms with Gasteiger partial charge >= 0.3 is 0 Å². The quantitative estimate of drug-likeness (QED) is 0.290. The second-order valence-electron chi connectivity index (χ2n) is 9.79. The van der Waals surface area contributed by atoms with Gasteiger partial charge in [0.15, 0.2) is 6.04 Å². The van der Waals surface area contributed by atoms with Crippen molar-refractivity contribution >= 4 is 40.0 Å². The standard InChI is InChI=1S/C30H32N4O4/c1-20(35)32-23-13-15-24(16-14-23)34(28(36)18-21-19-31-26-11-6-5-10-25(21)26)29(27-12-7-17-38-27)30(37)33-22-8-3-2-4-9-22/h5-7,10-17,19,22,29,31H,2-4,8-9,18H2,1H3,(H,32,35)(H,33,37)/t29-/m1/s1. The van der Waals surface area contributed by atoms with Crippen LogP contribution in [-0.2, 0) is 20.8 Å². The van der Waals surface area contributed by atoms with Crippen LogP contribution in [0.5, 0.6) is 0 Å². The Labute approximate surface area is 221 Å². The first-order valence-electron chi connectivity index (χ1n) is 13.1. The molecule has 8 heteroatoms. The zero-order valence-electron chi connectivity index (χ0n) is 21.4. The normalized spacial score (nSPS) is 14.7. The summed E-state index contributed by atoms with van der Waals surface area (Å²) >= 11 is 0. The summed E-state index contributed by atoms with van der Waals surface area (Å²) in [5.41, 5.74) is 2.92. The summed E-state index contributed by atoms with van der Waals surface area (Å²) in [6.07, 6.45) is 8.60. The summed E-state index contributed by atoms with van der Waals surface area (Å²) < 4.78 is 5.72. The fourth-order valence-corrected chi connectivity index (χ4v) is 5.22. The van der Waals surface area contributed by atoms with Gasteiger partial charge in [0.25, 0.3) is 5.91 Å². The average Bonchev–Trinajstić information content (AvgIpc) is 3.59. The number of nitrogens with zero attached hydrogens (tertiary/aromatic N) is 1. The Morgan fingerprint density at radius 2 is 1.76 bits per heavy atom. The zero-order valence-corrected chi connectivity index (χ0v) is 21.4. The number of hydrogen-bond acceptors (Lipinski definition) is 4. The SMILES string of the molecule is CC(=O)Nc1ccc(N(C(=O)Cc2c[nH]c3ccccc23)[C@@H](C(=O)NC2CCCCC2)c2ccco2)cc1. The molecule has 3 N–H and O–H groups in total. The Kier molecular flexibility index (Phi) is 7.58. The highest BCUT2D eigenvalue weighted by molar-refractivity contribution is 6.03. The minimum Gasteiger partial charge on any atom is -0.467 e. The fourth-order valence-electron chi connectivity index (χ4n) is 5.22. The molecule has 4 aromatic rings. The molecule has 1 atom stereocenters. The zero-order chi connectivity index (χ0) is 26.5. The van der Waals surface area contributed by atoms with E-state index in [0.717, 1.165) is 42.1 Å². The third-order valence-corrected chi connectivity index (χ3v) is 7.02. The van der Waals surface area contributed by atoms with E-state index in [1.807, 2.05) is 30.5 Å². The van der Waals surface area contributed by atoms with Crippen LogP contribution >= 0.6 is 0 Å². The monoisotopic (exact) mass is 512 g/mol. The van der Waals surface area contributed by atoms with Crippen LogP contribution in [-0.4, -0.2) is 28.7 Å². The second-order valence-corrected chi connectivity index (χ2v) is 9.79. The Balaban J connectivity index is 1.52. The van der Waals surface area contributed by atoms with Crippen molar-refractivity contribution in [1.29, 1.82) is 0 Å². The van der Waals surface area contributed by atoms with E-state index in [9.17, 15) is 14.4 Å². The number of hydrogen-bond donors (Lipinski definition) is 3. The number of benzene rings is 2. The second kappa shape index (κ2) is 11.4. The lowest BCUT2D eigenvalue weighted by atomic mass is 9.95. The summed E-state index contributed by atoms with van der Waals surface area (Å²) in [5.74, 6) is -0.325. The first-order chi connectivity index (χ1) is 18.5. The van der Waals surface area contributed by atoms with Gasteiger partial charge in [0, 0.05) is 41.4 Å². The molecule has 1 aliphatic carbocycles. The summed E-state index contributed by atoms with van der Waals surface area (Å²) in [6, 6.07) is 17.3. The molecular weight excluding hydrogens is 480 g/mol. The molecule has 0 spiro atoms. The molecule has 1 aliphatic rings. The maximum Gasteiger partial charge on any atom is 0.251 e. The fraction of sp³-hybridized carbons (Fsp3) is 0.300. The van der Waals surface area contributed by atoms with Gasteiger partial charge in [-0.15, -0.1) is 0 Å². The van der Waals surface area contributed by atoms with Gasteiger partial charge in [0.1, 0.15) is 5.76 Å². The van der Waals surface area contributed by atoms with E-state index in [1.165, 1.54) is 24.5 Å². The molecule has 8 nitrogen and oxygen atoms in total. The molecule has 2 aromatic heterocycles. The highest BCUT2D eigenvalue weighted by Gasteiger charge is 2.36. The van der Waals surface area contributed by atoms with Gasteiger partial charge < -0.3 is 20.0 Å². The van der Waals surface area contributed by atoms with E-state index in [-0.39, 0.29) is 30.2 Å². The summed E-state index contributed by atoms with van der Waals surface area (Å²) in [6.45, 7) is 1.44. The van der Waals surface area contributed by atoms with Gasteiger partial charge in [0.2, 0.25) is 11.8 Å².